The first kappa shape index (κ1) is 19.0. The molecule has 1 saturated carbocycles. The molecule has 2 aromatic heterocycles. The maximum absolute atomic E-state index is 12.5. The highest BCUT2D eigenvalue weighted by molar-refractivity contribution is 5.99. The van der Waals surface area contributed by atoms with E-state index in [1.807, 2.05) is 47.6 Å². The van der Waals surface area contributed by atoms with Crippen LogP contribution in [0.1, 0.15) is 32.7 Å². The number of hydrogen-bond acceptors (Lipinski definition) is 5. The Hall–Kier alpha value is -3.74. The van der Waals surface area contributed by atoms with Crippen LogP contribution in [0, 0.1) is 0 Å². The average molecular weight is 425 g/mol. The Bertz CT molecular complexity index is 1340. The van der Waals surface area contributed by atoms with Gasteiger partial charge in [0.1, 0.15) is 0 Å². The summed E-state index contributed by atoms with van der Waals surface area (Å²) in [6, 6.07) is 14.8. The molecule has 4 aromatic rings. The maximum atomic E-state index is 12.5. The van der Waals surface area contributed by atoms with Gasteiger partial charge in [-0.2, -0.15) is 5.10 Å². The van der Waals surface area contributed by atoms with Crippen LogP contribution in [0.4, 0.5) is 17.3 Å². The highest BCUT2D eigenvalue weighted by Crippen LogP contribution is 2.42. The van der Waals surface area contributed by atoms with Crippen molar-refractivity contribution in [1.82, 2.24) is 19.7 Å². The third kappa shape index (κ3) is 3.12. The Balaban J connectivity index is 1.48. The molecule has 0 N–H and O–H groups in total. The summed E-state index contributed by atoms with van der Waals surface area (Å²) >= 11 is 0. The number of para-hydroxylation sites is 1. The molecule has 0 spiro atoms. The topological polar surface area (TPSA) is 67.2 Å². The molecule has 3 heterocycles. The lowest BCUT2D eigenvalue weighted by atomic mass is 10.0. The number of aromatic nitrogens is 4. The molecule has 1 unspecified atom stereocenters. The number of hydrogen-bond donors (Lipinski definition) is 0. The van der Waals surface area contributed by atoms with E-state index in [-0.39, 0.29) is 11.9 Å². The highest BCUT2D eigenvalue weighted by Gasteiger charge is 2.33. The average Bonchev–Trinajstić information content (AvgIpc) is 3.54. The summed E-state index contributed by atoms with van der Waals surface area (Å²) in [5.41, 5.74) is 4.87. The van der Waals surface area contributed by atoms with Crippen molar-refractivity contribution in [3.63, 3.8) is 0 Å². The Morgan fingerprint density at radius 3 is 2.69 bits per heavy atom. The summed E-state index contributed by atoms with van der Waals surface area (Å²) < 4.78 is 2.06. The van der Waals surface area contributed by atoms with Crippen molar-refractivity contribution in [2.45, 2.75) is 38.8 Å². The number of carbonyl (C=O) groups is 1. The van der Waals surface area contributed by atoms with Crippen molar-refractivity contribution in [2.75, 3.05) is 16.3 Å². The lowest BCUT2D eigenvalue weighted by Gasteiger charge is -2.41. The van der Waals surface area contributed by atoms with E-state index in [0.29, 0.717) is 18.5 Å². The molecule has 1 atom stereocenters. The van der Waals surface area contributed by atoms with Gasteiger partial charge >= 0.3 is 0 Å². The first-order valence-electron chi connectivity index (χ1n) is 11.1. The van der Waals surface area contributed by atoms with Crippen LogP contribution >= 0.6 is 0 Å². The van der Waals surface area contributed by atoms with Crippen LogP contribution in [-0.4, -0.2) is 38.2 Å². The highest BCUT2D eigenvalue weighted by atomic mass is 16.2. The third-order valence-corrected chi connectivity index (χ3v) is 6.33. The van der Waals surface area contributed by atoms with Crippen LogP contribution in [-0.2, 0) is 4.79 Å². The Morgan fingerprint density at radius 2 is 1.88 bits per heavy atom. The van der Waals surface area contributed by atoms with Gasteiger partial charge in [-0.3, -0.25) is 9.48 Å². The van der Waals surface area contributed by atoms with Gasteiger partial charge < -0.3 is 9.80 Å². The molecular weight excluding hydrogens is 400 g/mol. The molecule has 0 bridgehead atoms. The van der Waals surface area contributed by atoms with Crippen LogP contribution in [0.15, 0.2) is 61.1 Å². The van der Waals surface area contributed by atoms with Gasteiger partial charge in [0, 0.05) is 36.8 Å². The Labute approximate surface area is 186 Å². The van der Waals surface area contributed by atoms with Gasteiger partial charge in [0.15, 0.2) is 0 Å². The molecule has 7 heteroatoms. The fourth-order valence-corrected chi connectivity index (χ4v) is 4.59. The molecule has 6 rings (SSSR count). The molecule has 7 nitrogen and oxygen atoms in total. The minimum absolute atomic E-state index is 0.00135. The lowest BCUT2D eigenvalue weighted by Crippen LogP contribution is -2.48. The molecule has 0 radical (unpaired) electrons. The smallest absolute Gasteiger partial charge is 0.230 e. The zero-order chi connectivity index (χ0) is 21.8. The SMILES string of the molecule is CC(=O)N1c2ccc(-c3cnn(C4CC4)c3)cc2N(c2ncc3ccccc3n2)CC1C. The molecule has 160 valence electrons. The lowest BCUT2D eigenvalue weighted by molar-refractivity contribution is -0.117. The van der Waals surface area contributed by atoms with Gasteiger partial charge in [-0.25, -0.2) is 9.97 Å². The molecule has 1 aliphatic heterocycles. The van der Waals surface area contributed by atoms with Crippen LogP contribution in [0.25, 0.3) is 22.0 Å². The normalized spacial score (nSPS) is 18.1. The Kier molecular flexibility index (Phi) is 4.24. The van der Waals surface area contributed by atoms with Crippen molar-refractivity contribution in [1.29, 1.82) is 0 Å². The van der Waals surface area contributed by atoms with E-state index in [0.717, 1.165) is 33.4 Å². The third-order valence-electron chi connectivity index (χ3n) is 6.33. The number of amides is 1. The minimum atomic E-state index is -0.00135. The second kappa shape index (κ2) is 7.15. The standard InChI is InChI=1S/C25H24N6O/c1-16-14-29(25-26-12-19-5-3-4-6-22(19)28-25)24-11-18(7-10-23(24)31(16)17(2)32)20-13-27-30(15-20)21-8-9-21/h3-7,10-13,15-16,21H,8-9,14H2,1-2H3. The van der Waals surface area contributed by atoms with E-state index in [2.05, 4.69) is 44.9 Å². The molecular formula is C25H24N6O. The number of fused-ring (bicyclic) bond motifs is 2. The van der Waals surface area contributed by atoms with E-state index >= 15 is 0 Å². The number of anilines is 3. The van der Waals surface area contributed by atoms with E-state index in [9.17, 15) is 4.79 Å². The number of nitrogens with zero attached hydrogens (tertiary/aromatic N) is 6. The summed E-state index contributed by atoms with van der Waals surface area (Å²) in [6.07, 6.45) is 8.30. The van der Waals surface area contributed by atoms with Crippen molar-refractivity contribution in [3.8, 4) is 11.1 Å². The maximum Gasteiger partial charge on any atom is 0.230 e. The van der Waals surface area contributed by atoms with E-state index in [1.165, 1.54) is 12.8 Å². The largest absolute Gasteiger partial charge is 0.306 e. The van der Waals surface area contributed by atoms with Crippen LogP contribution in [0.2, 0.25) is 0 Å². The number of rotatable bonds is 3. The first-order valence-corrected chi connectivity index (χ1v) is 11.1. The molecule has 1 aliphatic carbocycles. The minimum Gasteiger partial charge on any atom is -0.306 e. The molecule has 0 saturated heterocycles. The molecule has 1 fully saturated rings. The van der Waals surface area contributed by atoms with E-state index < -0.39 is 0 Å². The quantitative estimate of drug-likeness (QED) is 0.476. The summed E-state index contributed by atoms with van der Waals surface area (Å²) in [7, 11) is 0. The van der Waals surface area contributed by atoms with E-state index in [1.54, 1.807) is 6.92 Å². The summed E-state index contributed by atoms with van der Waals surface area (Å²) in [6.45, 7) is 4.30. The van der Waals surface area contributed by atoms with Gasteiger partial charge in [-0.1, -0.05) is 24.3 Å². The first-order chi connectivity index (χ1) is 15.6. The zero-order valence-electron chi connectivity index (χ0n) is 18.1. The molecule has 2 aromatic carbocycles. The predicted octanol–water partition coefficient (Wildman–Crippen LogP) is 4.72. The Morgan fingerprint density at radius 1 is 1.03 bits per heavy atom. The van der Waals surface area contributed by atoms with Gasteiger partial charge in [0.05, 0.1) is 35.2 Å². The summed E-state index contributed by atoms with van der Waals surface area (Å²) in [5, 5.41) is 5.55. The van der Waals surface area contributed by atoms with E-state index in [4.69, 9.17) is 4.98 Å². The fraction of sp³-hybridized carbons (Fsp3) is 0.280. The van der Waals surface area contributed by atoms with Gasteiger partial charge in [-0.05, 0) is 43.5 Å². The van der Waals surface area contributed by atoms with Gasteiger partial charge in [0.25, 0.3) is 0 Å². The summed E-state index contributed by atoms with van der Waals surface area (Å²) in [4.78, 5) is 26.0. The van der Waals surface area contributed by atoms with Crippen molar-refractivity contribution < 1.29 is 4.79 Å². The molecule has 2 aliphatic rings. The molecule has 32 heavy (non-hydrogen) atoms. The number of carbonyl (C=O) groups excluding carboxylic acids is 1. The van der Waals surface area contributed by atoms with Crippen molar-refractivity contribution >= 4 is 34.1 Å². The van der Waals surface area contributed by atoms with Crippen LogP contribution in [0.5, 0.6) is 0 Å². The predicted molar refractivity (Wildman–Crippen MR) is 125 cm³/mol. The second-order valence-corrected chi connectivity index (χ2v) is 8.72. The molecule has 1 amide bonds. The zero-order valence-corrected chi connectivity index (χ0v) is 18.1. The number of benzene rings is 2. The second-order valence-electron chi connectivity index (χ2n) is 8.72. The summed E-state index contributed by atoms with van der Waals surface area (Å²) in [5.74, 6) is 0.679. The monoisotopic (exact) mass is 424 g/mol. The fourth-order valence-electron chi connectivity index (χ4n) is 4.59. The van der Waals surface area contributed by atoms with Crippen LogP contribution < -0.4 is 9.80 Å². The van der Waals surface area contributed by atoms with Crippen LogP contribution in [0.3, 0.4) is 0 Å². The van der Waals surface area contributed by atoms with Gasteiger partial charge in [-0.15, -0.1) is 0 Å². The van der Waals surface area contributed by atoms with Crippen molar-refractivity contribution in [2.24, 2.45) is 0 Å². The van der Waals surface area contributed by atoms with Crippen molar-refractivity contribution in [3.05, 3.63) is 61.1 Å². The van der Waals surface area contributed by atoms with Gasteiger partial charge in [0.2, 0.25) is 11.9 Å².